The van der Waals surface area contributed by atoms with Gasteiger partial charge in [0.15, 0.2) is 0 Å². The minimum Gasteiger partial charge on any atom is -0.494 e. The minimum atomic E-state index is -0.508. The lowest BCUT2D eigenvalue weighted by molar-refractivity contribution is -0.144. The number of aliphatic hydroxyl groups is 1. The fourth-order valence-electron chi connectivity index (χ4n) is 2.58. The van der Waals surface area contributed by atoms with Crippen LogP contribution in [0.3, 0.4) is 0 Å². The monoisotopic (exact) mass is 343 g/mol. The van der Waals surface area contributed by atoms with Gasteiger partial charge in [-0.2, -0.15) is 0 Å². The standard InChI is InChI=1S/C20H25NO4/c1-3-24-19-11-10-17(13-16(19)14-22)21-18(20(23)25-4-2)12-15-8-6-5-7-9-15/h5-11,13,18,21-22H,3-4,12,14H2,1-2H3/t18-/m1/s1. The molecule has 5 nitrogen and oxygen atoms in total. The molecule has 2 aromatic rings. The van der Waals surface area contributed by atoms with Gasteiger partial charge in [-0.25, -0.2) is 4.79 Å². The van der Waals surface area contributed by atoms with Crippen molar-refractivity contribution >= 4 is 11.7 Å². The average Bonchev–Trinajstić information content (AvgIpc) is 2.63. The summed E-state index contributed by atoms with van der Waals surface area (Å²) in [4.78, 5) is 12.3. The molecule has 0 fully saturated rings. The molecule has 0 bridgehead atoms. The highest BCUT2D eigenvalue weighted by molar-refractivity contribution is 5.80. The summed E-state index contributed by atoms with van der Waals surface area (Å²) in [5.74, 6) is 0.345. The van der Waals surface area contributed by atoms with Crippen LogP contribution >= 0.6 is 0 Å². The van der Waals surface area contributed by atoms with Gasteiger partial charge in [-0.3, -0.25) is 0 Å². The summed E-state index contributed by atoms with van der Waals surface area (Å²) in [5.41, 5.74) is 2.46. The normalized spacial score (nSPS) is 11.6. The van der Waals surface area contributed by atoms with Crippen molar-refractivity contribution in [3.63, 3.8) is 0 Å². The van der Waals surface area contributed by atoms with E-state index in [-0.39, 0.29) is 12.6 Å². The Hall–Kier alpha value is -2.53. The molecule has 0 aliphatic carbocycles. The number of ether oxygens (including phenoxy) is 2. The number of aliphatic hydroxyl groups excluding tert-OH is 1. The van der Waals surface area contributed by atoms with E-state index in [1.54, 1.807) is 19.1 Å². The molecule has 0 saturated heterocycles. The number of carbonyl (C=O) groups is 1. The van der Waals surface area contributed by atoms with Gasteiger partial charge in [0.2, 0.25) is 0 Å². The third-order valence-electron chi connectivity index (χ3n) is 3.73. The van der Waals surface area contributed by atoms with E-state index in [0.29, 0.717) is 30.9 Å². The largest absolute Gasteiger partial charge is 0.494 e. The molecule has 2 rings (SSSR count). The zero-order valence-corrected chi connectivity index (χ0v) is 14.7. The van der Waals surface area contributed by atoms with Crippen LogP contribution in [-0.2, 0) is 22.6 Å². The summed E-state index contributed by atoms with van der Waals surface area (Å²) >= 11 is 0. The van der Waals surface area contributed by atoms with Gasteiger partial charge >= 0.3 is 5.97 Å². The second-order valence-electron chi connectivity index (χ2n) is 5.55. The molecule has 134 valence electrons. The van der Waals surface area contributed by atoms with Crippen molar-refractivity contribution in [2.75, 3.05) is 18.5 Å². The first kappa shape index (κ1) is 18.8. The molecule has 0 aromatic heterocycles. The second kappa shape index (κ2) is 9.69. The fourth-order valence-corrected chi connectivity index (χ4v) is 2.58. The van der Waals surface area contributed by atoms with Gasteiger partial charge in [-0.15, -0.1) is 0 Å². The fraction of sp³-hybridized carbons (Fsp3) is 0.350. The average molecular weight is 343 g/mol. The Morgan fingerprint density at radius 3 is 2.52 bits per heavy atom. The van der Waals surface area contributed by atoms with Crippen LogP contribution in [0, 0.1) is 0 Å². The highest BCUT2D eigenvalue weighted by Gasteiger charge is 2.20. The predicted octanol–water partition coefficient (Wildman–Crippen LogP) is 3.16. The number of carbonyl (C=O) groups excluding carboxylic acids is 1. The maximum atomic E-state index is 12.3. The van der Waals surface area contributed by atoms with Crippen LogP contribution in [0.25, 0.3) is 0 Å². The zero-order chi connectivity index (χ0) is 18.1. The number of esters is 1. The molecule has 2 aromatic carbocycles. The Bertz CT molecular complexity index is 673. The van der Waals surface area contributed by atoms with Crippen molar-refractivity contribution in [2.24, 2.45) is 0 Å². The second-order valence-corrected chi connectivity index (χ2v) is 5.55. The molecular weight excluding hydrogens is 318 g/mol. The van der Waals surface area contributed by atoms with Crippen LogP contribution in [0.2, 0.25) is 0 Å². The number of rotatable bonds is 9. The first-order valence-electron chi connectivity index (χ1n) is 8.51. The number of hydrogen-bond donors (Lipinski definition) is 2. The molecule has 0 heterocycles. The van der Waals surface area contributed by atoms with Crippen LogP contribution in [0.15, 0.2) is 48.5 Å². The molecule has 2 N–H and O–H groups in total. The van der Waals surface area contributed by atoms with Crippen LogP contribution in [-0.4, -0.2) is 30.3 Å². The molecule has 0 amide bonds. The predicted molar refractivity (Wildman–Crippen MR) is 97.7 cm³/mol. The molecule has 0 aliphatic heterocycles. The summed E-state index contributed by atoms with van der Waals surface area (Å²) in [6.45, 7) is 4.41. The van der Waals surface area contributed by atoms with Gasteiger partial charge in [-0.1, -0.05) is 30.3 Å². The Morgan fingerprint density at radius 1 is 1.12 bits per heavy atom. The Labute approximate surface area is 148 Å². The molecule has 0 saturated carbocycles. The summed E-state index contributed by atoms with van der Waals surface area (Å²) in [5, 5.41) is 12.7. The highest BCUT2D eigenvalue weighted by Crippen LogP contribution is 2.24. The summed E-state index contributed by atoms with van der Waals surface area (Å²) < 4.78 is 10.7. The SMILES string of the molecule is CCOC(=O)[C@@H](Cc1ccccc1)Nc1ccc(OCC)c(CO)c1. The van der Waals surface area contributed by atoms with E-state index in [4.69, 9.17) is 9.47 Å². The molecule has 0 aliphatic rings. The van der Waals surface area contributed by atoms with Gasteiger partial charge in [0.25, 0.3) is 0 Å². The third kappa shape index (κ3) is 5.50. The van der Waals surface area contributed by atoms with Crippen molar-refractivity contribution < 1.29 is 19.4 Å². The third-order valence-corrected chi connectivity index (χ3v) is 3.73. The zero-order valence-electron chi connectivity index (χ0n) is 14.7. The van der Waals surface area contributed by atoms with Crippen LogP contribution < -0.4 is 10.1 Å². The van der Waals surface area contributed by atoms with Gasteiger partial charge in [0.05, 0.1) is 19.8 Å². The van der Waals surface area contributed by atoms with Crippen molar-refractivity contribution in [2.45, 2.75) is 32.9 Å². The van der Waals surface area contributed by atoms with Crippen molar-refractivity contribution in [3.05, 3.63) is 59.7 Å². The molecule has 25 heavy (non-hydrogen) atoms. The van der Waals surface area contributed by atoms with Gasteiger partial charge in [-0.05, 0) is 37.6 Å². The first-order valence-corrected chi connectivity index (χ1v) is 8.51. The molecule has 0 radical (unpaired) electrons. The maximum Gasteiger partial charge on any atom is 0.328 e. The molecule has 5 heteroatoms. The first-order chi connectivity index (χ1) is 12.2. The highest BCUT2D eigenvalue weighted by atomic mass is 16.5. The molecule has 0 spiro atoms. The van der Waals surface area contributed by atoms with Crippen molar-refractivity contribution in [3.8, 4) is 5.75 Å². The Kier molecular flexibility index (Phi) is 7.29. The smallest absolute Gasteiger partial charge is 0.328 e. The maximum absolute atomic E-state index is 12.3. The van der Waals surface area contributed by atoms with E-state index in [9.17, 15) is 9.90 Å². The van der Waals surface area contributed by atoms with Crippen LogP contribution in [0.1, 0.15) is 25.0 Å². The lowest BCUT2D eigenvalue weighted by Gasteiger charge is -2.19. The molecule has 1 atom stereocenters. The number of nitrogens with one attached hydrogen (secondary N) is 1. The minimum absolute atomic E-state index is 0.131. The topological polar surface area (TPSA) is 67.8 Å². The summed E-state index contributed by atoms with van der Waals surface area (Å²) in [6, 6.07) is 14.7. The van der Waals surface area contributed by atoms with Crippen molar-refractivity contribution in [1.82, 2.24) is 0 Å². The van der Waals surface area contributed by atoms with Gasteiger partial charge in [0.1, 0.15) is 11.8 Å². The Balaban J connectivity index is 2.19. The van der Waals surface area contributed by atoms with E-state index in [0.717, 1.165) is 11.3 Å². The van der Waals surface area contributed by atoms with Crippen LogP contribution in [0.4, 0.5) is 5.69 Å². The molecule has 0 unspecified atom stereocenters. The van der Waals surface area contributed by atoms with Crippen LogP contribution in [0.5, 0.6) is 5.75 Å². The van der Waals surface area contributed by atoms with Gasteiger partial charge < -0.3 is 19.9 Å². The lowest BCUT2D eigenvalue weighted by Crippen LogP contribution is -2.33. The molecular formula is C20H25NO4. The van der Waals surface area contributed by atoms with E-state index in [2.05, 4.69) is 5.32 Å². The quantitative estimate of drug-likeness (QED) is 0.685. The summed E-state index contributed by atoms with van der Waals surface area (Å²) in [6.07, 6.45) is 0.515. The van der Waals surface area contributed by atoms with Crippen molar-refractivity contribution in [1.29, 1.82) is 0 Å². The van der Waals surface area contributed by atoms with E-state index in [1.165, 1.54) is 0 Å². The van der Waals surface area contributed by atoms with E-state index in [1.807, 2.05) is 43.3 Å². The lowest BCUT2D eigenvalue weighted by atomic mass is 10.1. The van der Waals surface area contributed by atoms with Gasteiger partial charge in [0, 0.05) is 17.7 Å². The number of benzene rings is 2. The van der Waals surface area contributed by atoms with E-state index < -0.39 is 6.04 Å². The van der Waals surface area contributed by atoms with E-state index >= 15 is 0 Å². The Morgan fingerprint density at radius 2 is 1.88 bits per heavy atom. The number of anilines is 1. The number of hydrogen-bond acceptors (Lipinski definition) is 5. The summed E-state index contributed by atoms with van der Waals surface area (Å²) in [7, 11) is 0.